The van der Waals surface area contributed by atoms with Crippen molar-refractivity contribution >= 4 is 39.0 Å². The quantitative estimate of drug-likeness (QED) is 0.217. The summed E-state index contributed by atoms with van der Waals surface area (Å²) < 4.78 is 0.818. The zero-order chi connectivity index (χ0) is 20.5. The van der Waals surface area contributed by atoms with Gasteiger partial charge in [-0.1, -0.05) is 104 Å². The van der Waals surface area contributed by atoms with Crippen molar-refractivity contribution < 1.29 is 4.79 Å². The molecule has 1 unspecified atom stereocenters. The van der Waals surface area contributed by atoms with E-state index in [9.17, 15) is 4.79 Å². The lowest BCUT2D eigenvalue weighted by molar-refractivity contribution is -0.120. The molecule has 0 aliphatic carbocycles. The van der Waals surface area contributed by atoms with Crippen LogP contribution in [0.15, 0.2) is 9.30 Å². The van der Waals surface area contributed by atoms with Gasteiger partial charge < -0.3 is 5.32 Å². The van der Waals surface area contributed by atoms with Crippen molar-refractivity contribution in [2.75, 3.05) is 5.32 Å². The minimum atomic E-state index is 0.131. The first-order chi connectivity index (χ1) is 13.7. The average molecular weight is 474 g/mol. The number of amides is 1. The molecule has 0 fully saturated rings. The molecule has 28 heavy (non-hydrogen) atoms. The summed E-state index contributed by atoms with van der Waals surface area (Å²) >= 11 is 4.88. The minimum Gasteiger partial charge on any atom is -0.310 e. The molecule has 1 aromatic heterocycles. The second-order valence-electron chi connectivity index (χ2n) is 7.99. The number of nitrogens with one attached hydrogen (secondary N) is 1. The second-order valence-corrected chi connectivity index (χ2v) is 10.1. The van der Waals surface area contributed by atoms with Crippen LogP contribution in [0.1, 0.15) is 117 Å². The fourth-order valence-electron chi connectivity index (χ4n) is 3.64. The topological polar surface area (TPSA) is 42.0 Å². The van der Waals surface area contributed by atoms with Gasteiger partial charge in [-0.15, -0.1) is 11.3 Å². The molecule has 0 radical (unpaired) electrons. The van der Waals surface area contributed by atoms with Gasteiger partial charge >= 0.3 is 0 Å². The number of carbonyl (C=O) groups is 1. The number of halogens is 1. The summed E-state index contributed by atoms with van der Waals surface area (Å²) in [6.07, 6.45) is 20.2. The Morgan fingerprint density at radius 2 is 1.36 bits per heavy atom. The van der Waals surface area contributed by atoms with Gasteiger partial charge in [-0.25, -0.2) is 4.98 Å². The van der Waals surface area contributed by atoms with Crippen LogP contribution in [-0.4, -0.2) is 10.9 Å². The summed E-state index contributed by atoms with van der Waals surface area (Å²) in [4.78, 5) is 17.1. The molecular formula is C23H41BrN2OS. The van der Waals surface area contributed by atoms with Gasteiger partial charge in [0.05, 0.1) is 0 Å². The van der Waals surface area contributed by atoms with Crippen LogP contribution in [-0.2, 0) is 4.79 Å². The first-order valence-electron chi connectivity index (χ1n) is 11.6. The van der Waals surface area contributed by atoms with E-state index in [0.717, 1.165) is 16.8 Å². The maximum atomic E-state index is 12.8. The SMILES string of the molecule is CCCCCCCCCCC(CCCCCCCC)C(=O)Nc1csc(Br)n1. The maximum Gasteiger partial charge on any atom is 0.228 e. The number of carbonyl (C=O) groups excluding carboxylic acids is 1. The van der Waals surface area contributed by atoms with Crippen LogP contribution >= 0.6 is 27.3 Å². The molecule has 0 saturated carbocycles. The van der Waals surface area contributed by atoms with E-state index in [-0.39, 0.29) is 11.8 Å². The predicted molar refractivity (Wildman–Crippen MR) is 127 cm³/mol. The van der Waals surface area contributed by atoms with E-state index in [1.807, 2.05) is 5.38 Å². The molecule has 0 aliphatic rings. The summed E-state index contributed by atoms with van der Waals surface area (Å²) in [5, 5.41) is 4.93. The lowest BCUT2D eigenvalue weighted by Crippen LogP contribution is -2.23. The number of unbranched alkanes of at least 4 members (excludes halogenated alkanes) is 12. The van der Waals surface area contributed by atoms with Crippen LogP contribution in [0.25, 0.3) is 0 Å². The molecule has 1 N–H and O–H groups in total. The van der Waals surface area contributed by atoms with Gasteiger partial charge in [0.2, 0.25) is 5.91 Å². The van der Waals surface area contributed by atoms with Crippen molar-refractivity contribution in [1.82, 2.24) is 4.98 Å². The fraction of sp³-hybridized carbons (Fsp3) is 0.826. The van der Waals surface area contributed by atoms with Crippen molar-refractivity contribution in [3.05, 3.63) is 9.30 Å². The summed E-state index contributed by atoms with van der Waals surface area (Å²) in [6, 6.07) is 0. The third-order valence-electron chi connectivity index (χ3n) is 5.41. The molecule has 1 heterocycles. The first-order valence-corrected chi connectivity index (χ1v) is 13.3. The van der Waals surface area contributed by atoms with E-state index in [0.29, 0.717) is 5.82 Å². The predicted octanol–water partition coefficient (Wildman–Crippen LogP) is 8.74. The molecule has 1 rings (SSSR count). The molecule has 0 bridgehead atoms. The van der Waals surface area contributed by atoms with Crippen LogP contribution in [0.5, 0.6) is 0 Å². The Morgan fingerprint density at radius 3 is 1.79 bits per heavy atom. The number of hydrogen-bond donors (Lipinski definition) is 1. The van der Waals surface area contributed by atoms with Crippen molar-refractivity contribution in [1.29, 1.82) is 0 Å². The smallest absolute Gasteiger partial charge is 0.228 e. The van der Waals surface area contributed by atoms with Gasteiger partial charge in [0.15, 0.2) is 3.92 Å². The highest BCUT2D eigenvalue weighted by atomic mass is 79.9. The van der Waals surface area contributed by atoms with E-state index in [1.165, 1.54) is 101 Å². The number of nitrogens with zero attached hydrogens (tertiary/aromatic N) is 1. The van der Waals surface area contributed by atoms with Crippen molar-refractivity contribution in [3.8, 4) is 0 Å². The molecule has 1 aromatic rings. The largest absolute Gasteiger partial charge is 0.310 e. The molecule has 1 amide bonds. The standard InChI is InChI=1S/C23H41BrN2OS/c1-3-5-7-9-11-12-14-16-18-20(17-15-13-10-8-6-4-2)22(27)25-21-19-28-23(24)26-21/h19-20H,3-18H2,1-2H3,(H,25,27). The van der Waals surface area contributed by atoms with Crippen LogP contribution in [0, 0.1) is 5.92 Å². The molecule has 162 valence electrons. The average Bonchev–Trinajstić information content (AvgIpc) is 3.09. The van der Waals surface area contributed by atoms with Crippen LogP contribution < -0.4 is 5.32 Å². The van der Waals surface area contributed by atoms with Crippen molar-refractivity contribution in [3.63, 3.8) is 0 Å². The third-order valence-corrected chi connectivity index (χ3v) is 6.78. The lowest BCUT2D eigenvalue weighted by atomic mass is 9.93. The number of rotatable bonds is 18. The van der Waals surface area contributed by atoms with E-state index >= 15 is 0 Å². The maximum absolute atomic E-state index is 12.8. The normalized spacial score (nSPS) is 12.2. The van der Waals surface area contributed by atoms with Crippen LogP contribution in [0.2, 0.25) is 0 Å². The summed E-state index contributed by atoms with van der Waals surface area (Å²) in [5.74, 6) is 0.979. The van der Waals surface area contributed by atoms with Gasteiger partial charge in [0.25, 0.3) is 0 Å². The molecule has 0 saturated heterocycles. The zero-order valence-corrected chi connectivity index (χ0v) is 20.5. The van der Waals surface area contributed by atoms with Gasteiger partial charge in [-0.3, -0.25) is 4.79 Å². The minimum absolute atomic E-state index is 0.131. The molecule has 5 heteroatoms. The summed E-state index contributed by atoms with van der Waals surface area (Å²) in [5.41, 5.74) is 0. The highest BCUT2D eigenvalue weighted by Crippen LogP contribution is 2.23. The third kappa shape index (κ3) is 12.9. The number of aromatic nitrogens is 1. The molecule has 0 aromatic carbocycles. The number of hydrogen-bond acceptors (Lipinski definition) is 3. The van der Waals surface area contributed by atoms with Gasteiger partial charge in [-0.2, -0.15) is 0 Å². The van der Waals surface area contributed by atoms with E-state index in [2.05, 4.69) is 40.1 Å². The van der Waals surface area contributed by atoms with Gasteiger partial charge in [-0.05, 0) is 28.8 Å². The summed E-state index contributed by atoms with van der Waals surface area (Å²) in [6.45, 7) is 4.51. The number of thiazole rings is 1. The Labute approximate surface area is 185 Å². The fourth-order valence-corrected chi connectivity index (χ4v) is 4.58. The molecule has 3 nitrogen and oxygen atoms in total. The van der Waals surface area contributed by atoms with Crippen LogP contribution in [0.4, 0.5) is 5.82 Å². The monoisotopic (exact) mass is 472 g/mol. The van der Waals surface area contributed by atoms with E-state index in [4.69, 9.17) is 0 Å². The molecule has 1 atom stereocenters. The first kappa shape index (κ1) is 25.6. The molecular weight excluding hydrogens is 432 g/mol. The second kappa shape index (κ2) is 17.4. The van der Waals surface area contributed by atoms with Crippen molar-refractivity contribution in [2.24, 2.45) is 5.92 Å². The molecule has 0 spiro atoms. The Morgan fingerprint density at radius 1 is 0.893 bits per heavy atom. The van der Waals surface area contributed by atoms with E-state index in [1.54, 1.807) is 0 Å². The van der Waals surface area contributed by atoms with E-state index < -0.39 is 0 Å². The highest BCUT2D eigenvalue weighted by Gasteiger charge is 2.18. The Kier molecular flexibility index (Phi) is 16.0. The zero-order valence-electron chi connectivity index (χ0n) is 18.1. The Balaban J connectivity index is 2.31. The Hall–Kier alpha value is -0.420. The lowest BCUT2D eigenvalue weighted by Gasteiger charge is -2.16. The highest BCUT2D eigenvalue weighted by molar-refractivity contribution is 9.11. The Bertz CT molecular complexity index is 507. The number of anilines is 1. The van der Waals surface area contributed by atoms with Gasteiger partial charge in [0.1, 0.15) is 5.82 Å². The summed E-state index contributed by atoms with van der Waals surface area (Å²) in [7, 11) is 0. The van der Waals surface area contributed by atoms with Gasteiger partial charge in [0, 0.05) is 11.3 Å². The van der Waals surface area contributed by atoms with Crippen molar-refractivity contribution in [2.45, 2.75) is 117 Å². The van der Waals surface area contributed by atoms with Crippen LogP contribution in [0.3, 0.4) is 0 Å². The molecule has 0 aliphatic heterocycles.